The molecule has 1 heterocycles. The Morgan fingerprint density at radius 2 is 2.20 bits per heavy atom. The number of phenolic OH excluding ortho intramolecular Hbond substituents is 1. The number of hydrazone groups is 1. The van der Waals surface area contributed by atoms with E-state index in [1.165, 1.54) is 12.3 Å². The van der Waals surface area contributed by atoms with Crippen molar-refractivity contribution in [1.82, 2.24) is 10.2 Å². The van der Waals surface area contributed by atoms with E-state index in [2.05, 4.69) is 20.7 Å². The van der Waals surface area contributed by atoms with Crippen LogP contribution >= 0.6 is 11.6 Å². The molecule has 2 rings (SSSR count). The van der Waals surface area contributed by atoms with Crippen molar-refractivity contribution in [2.45, 2.75) is 6.92 Å². The maximum Gasteiger partial charge on any atom is 0.168 e. The number of nitrogens with zero attached hydrogens (tertiary/aromatic N) is 3. The van der Waals surface area contributed by atoms with Crippen LogP contribution in [0.1, 0.15) is 12.5 Å². The molecule has 104 valence electrons. The van der Waals surface area contributed by atoms with Gasteiger partial charge in [0.15, 0.2) is 11.0 Å². The molecule has 2 N–H and O–H groups in total. The molecule has 6 nitrogen and oxygen atoms in total. The topological polar surface area (TPSA) is 79.6 Å². The lowest BCUT2D eigenvalue weighted by atomic mass is 10.2. The Morgan fingerprint density at radius 1 is 1.35 bits per heavy atom. The summed E-state index contributed by atoms with van der Waals surface area (Å²) in [7, 11) is 0. The van der Waals surface area contributed by atoms with Gasteiger partial charge in [0.25, 0.3) is 0 Å². The number of benzene rings is 1. The van der Waals surface area contributed by atoms with Gasteiger partial charge in [0.2, 0.25) is 0 Å². The predicted octanol–water partition coefficient (Wildman–Crippen LogP) is 2.68. The first kappa shape index (κ1) is 14.1. The molecule has 0 fully saturated rings. The minimum Gasteiger partial charge on any atom is -0.507 e. The summed E-state index contributed by atoms with van der Waals surface area (Å²) >= 11 is 5.62. The van der Waals surface area contributed by atoms with Gasteiger partial charge >= 0.3 is 0 Å². The number of phenols is 1. The van der Waals surface area contributed by atoms with Crippen molar-refractivity contribution in [2.24, 2.45) is 5.10 Å². The molecule has 0 spiro atoms. The van der Waals surface area contributed by atoms with Gasteiger partial charge < -0.3 is 9.84 Å². The first-order chi connectivity index (χ1) is 9.69. The number of aromatic hydroxyl groups is 1. The summed E-state index contributed by atoms with van der Waals surface area (Å²) in [5, 5.41) is 21.5. The zero-order valence-corrected chi connectivity index (χ0v) is 11.5. The molecule has 0 unspecified atom stereocenters. The van der Waals surface area contributed by atoms with Gasteiger partial charge in [-0.2, -0.15) is 5.10 Å². The molecule has 1 aromatic heterocycles. The van der Waals surface area contributed by atoms with E-state index in [0.29, 0.717) is 28.9 Å². The lowest BCUT2D eigenvalue weighted by Crippen LogP contribution is -1.96. The quantitative estimate of drug-likeness (QED) is 0.654. The highest BCUT2D eigenvalue weighted by molar-refractivity contribution is 6.29. The first-order valence-corrected chi connectivity index (χ1v) is 6.31. The third-order valence-corrected chi connectivity index (χ3v) is 2.53. The van der Waals surface area contributed by atoms with Crippen molar-refractivity contribution in [3.05, 3.63) is 41.0 Å². The molecular weight excluding hydrogens is 280 g/mol. The van der Waals surface area contributed by atoms with E-state index in [4.69, 9.17) is 16.3 Å². The van der Waals surface area contributed by atoms with Crippen molar-refractivity contribution in [3.63, 3.8) is 0 Å². The van der Waals surface area contributed by atoms with Crippen LogP contribution in [0.15, 0.2) is 35.4 Å². The van der Waals surface area contributed by atoms with Crippen LogP contribution in [-0.4, -0.2) is 28.1 Å². The van der Waals surface area contributed by atoms with Crippen molar-refractivity contribution in [1.29, 1.82) is 0 Å². The summed E-state index contributed by atoms with van der Waals surface area (Å²) < 4.78 is 5.28. The van der Waals surface area contributed by atoms with E-state index in [1.54, 1.807) is 24.3 Å². The van der Waals surface area contributed by atoms with Crippen LogP contribution in [0.3, 0.4) is 0 Å². The fourth-order valence-electron chi connectivity index (χ4n) is 1.43. The molecule has 1 aromatic carbocycles. The molecule has 2 aromatic rings. The highest BCUT2D eigenvalue weighted by Crippen LogP contribution is 2.22. The second-order valence-electron chi connectivity index (χ2n) is 3.76. The van der Waals surface area contributed by atoms with E-state index < -0.39 is 0 Å². The monoisotopic (exact) mass is 292 g/mol. The van der Waals surface area contributed by atoms with Crippen LogP contribution in [0.4, 0.5) is 5.82 Å². The number of nitrogens with one attached hydrogen (secondary N) is 1. The molecule has 0 amide bonds. The number of halogens is 1. The normalized spacial score (nSPS) is 10.7. The van der Waals surface area contributed by atoms with Crippen LogP contribution in [0.25, 0.3) is 0 Å². The Labute approximate surface area is 121 Å². The molecule has 0 radical (unpaired) electrons. The van der Waals surface area contributed by atoms with Crippen molar-refractivity contribution in [2.75, 3.05) is 12.0 Å². The SMILES string of the molecule is CCOc1ccc(/C=N/Nc2ccc(Cl)nn2)c(O)c1. The van der Waals surface area contributed by atoms with Crippen LogP contribution in [0.5, 0.6) is 11.5 Å². The Hall–Kier alpha value is -2.34. The Balaban J connectivity index is 2.02. The van der Waals surface area contributed by atoms with Crippen LogP contribution < -0.4 is 10.2 Å². The summed E-state index contributed by atoms with van der Waals surface area (Å²) in [6.45, 7) is 2.42. The molecule has 0 aliphatic heterocycles. The number of ether oxygens (including phenoxy) is 1. The molecule has 0 saturated heterocycles. The number of hydrogen-bond donors (Lipinski definition) is 2. The molecule has 0 saturated carbocycles. The Morgan fingerprint density at radius 3 is 2.85 bits per heavy atom. The number of hydrogen-bond acceptors (Lipinski definition) is 6. The maximum atomic E-state index is 9.81. The van der Waals surface area contributed by atoms with E-state index in [9.17, 15) is 5.11 Å². The van der Waals surface area contributed by atoms with Gasteiger partial charge in [-0.25, -0.2) is 0 Å². The number of aromatic nitrogens is 2. The van der Waals surface area contributed by atoms with Crippen LogP contribution in [-0.2, 0) is 0 Å². The predicted molar refractivity (Wildman–Crippen MR) is 77.5 cm³/mol. The molecule has 0 aliphatic rings. The Bertz CT molecular complexity index is 602. The van der Waals surface area contributed by atoms with Crippen LogP contribution in [0, 0.1) is 0 Å². The van der Waals surface area contributed by atoms with Gasteiger partial charge in [-0.3, -0.25) is 5.43 Å². The lowest BCUT2D eigenvalue weighted by Gasteiger charge is -2.05. The molecule has 0 atom stereocenters. The smallest absolute Gasteiger partial charge is 0.168 e. The van der Waals surface area contributed by atoms with Gasteiger partial charge in [-0.15, -0.1) is 10.2 Å². The van der Waals surface area contributed by atoms with Gasteiger partial charge in [-0.05, 0) is 31.2 Å². The van der Waals surface area contributed by atoms with Gasteiger partial charge in [0, 0.05) is 11.6 Å². The summed E-state index contributed by atoms with van der Waals surface area (Å²) in [6.07, 6.45) is 1.47. The van der Waals surface area contributed by atoms with E-state index in [0.717, 1.165) is 0 Å². The minimum absolute atomic E-state index is 0.0868. The third kappa shape index (κ3) is 3.83. The van der Waals surface area contributed by atoms with Gasteiger partial charge in [-0.1, -0.05) is 11.6 Å². The largest absolute Gasteiger partial charge is 0.507 e. The zero-order chi connectivity index (χ0) is 14.4. The van der Waals surface area contributed by atoms with Gasteiger partial charge in [0.1, 0.15) is 11.5 Å². The third-order valence-electron chi connectivity index (χ3n) is 2.33. The standard InChI is InChI=1S/C13H13ClN4O2/c1-2-20-10-4-3-9(11(19)7-10)8-15-17-13-6-5-12(14)16-18-13/h3-8,19H,2H2,1H3,(H,17,18)/b15-8+. The van der Waals surface area contributed by atoms with Crippen LogP contribution in [0.2, 0.25) is 5.15 Å². The zero-order valence-electron chi connectivity index (χ0n) is 10.7. The molecule has 7 heteroatoms. The number of anilines is 1. The van der Waals surface area contributed by atoms with Gasteiger partial charge in [0.05, 0.1) is 12.8 Å². The summed E-state index contributed by atoms with van der Waals surface area (Å²) in [5.41, 5.74) is 3.24. The fraction of sp³-hybridized carbons (Fsp3) is 0.154. The first-order valence-electron chi connectivity index (χ1n) is 5.93. The average Bonchev–Trinajstić information content (AvgIpc) is 2.44. The second-order valence-corrected chi connectivity index (χ2v) is 4.15. The second kappa shape index (κ2) is 6.72. The van der Waals surface area contributed by atoms with Crippen molar-refractivity contribution in [3.8, 4) is 11.5 Å². The van der Waals surface area contributed by atoms with E-state index in [1.807, 2.05) is 6.92 Å². The summed E-state index contributed by atoms with van der Waals surface area (Å²) in [6, 6.07) is 8.24. The summed E-state index contributed by atoms with van der Waals surface area (Å²) in [5.74, 6) is 1.15. The maximum absolute atomic E-state index is 9.81. The summed E-state index contributed by atoms with van der Waals surface area (Å²) in [4.78, 5) is 0. The number of rotatable bonds is 5. The van der Waals surface area contributed by atoms with E-state index >= 15 is 0 Å². The molecule has 0 aliphatic carbocycles. The molecular formula is C13H13ClN4O2. The Kier molecular flexibility index (Phi) is 4.73. The minimum atomic E-state index is 0.0868. The highest BCUT2D eigenvalue weighted by Gasteiger charge is 2.01. The lowest BCUT2D eigenvalue weighted by molar-refractivity contribution is 0.337. The molecule has 20 heavy (non-hydrogen) atoms. The average molecular weight is 293 g/mol. The van der Waals surface area contributed by atoms with Crippen molar-refractivity contribution >= 4 is 23.6 Å². The van der Waals surface area contributed by atoms with E-state index in [-0.39, 0.29) is 5.75 Å². The molecule has 0 bridgehead atoms. The highest BCUT2D eigenvalue weighted by atomic mass is 35.5. The fourth-order valence-corrected chi connectivity index (χ4v) is 1.53. The van der Waals surface area contributed by atoms with Crippen molar-refractivity contribution < 1.29 is 9.84 Å².